The molecule has 20 heavy (non-hydrogen) atoms. The van der Waals surface area contributed by atoms with E-state index in [2.05, 4.69) is 5.32 Å². The molecular weight excluding hydrogens is 252 g/mol. The first-order valence-electron chi connectivity index (χ1n) is 6.93. The fourth-order valence-electron chi connectivity index (χ4n) is 2.66. The molecule has 1 aromatic heterocycles. The fourth-order valence-corrected chi connectivity index (χ4v) is 2.66. The third-order valence-electron chi connectivity index (χ3n) is 3.75. The van der Waals surface area contributed by atoms with E-state index < -0.39 is 0 Å². The number of rotatable bonds is 4. The Morgan fingerprint density at radius 1 is 1.35 bits per heavy atom. The third kappa shape index (κ3) is 2.29. The summed E-state index contributed by atoms with van der Waals surface area (Å²) >= 11 is 0. The van der Waals surface area contributed by atoms with E-state index in [0.29, 0.717) is 19.6 Å². The van der Waals surface area contributed by atoms with Crippen molar-refractivity contribution in [1.29, 1.82) is 0 Å². The van der Waals surface area contributed by atoms with Gasteiger partial charge in [-0.05, 0) is 30.7 Å². The molecule has 0 radical (unpaired) electrons. The van der Waals surface area contributed by atoms with Crippen molar-refractivity contribution in [3.8, 4) is 0 Å². The second-order valence-corrected chi connectivity index (χ2v) is 4.95. The maximum atomic E-state index is 12.7. The van der Waals surface area contributed by atoms with Crippen LogP contribution in [0.4, 0.5) is 5.69 Å². The minimum atomic E-state index is -0.0962. The SMILES string of the molecule is CCN(Cc1ccco1)C(=O)C1CNc2ccccc21. The van der Waals surface area contributed by atoms with Gasteiger partial charge in [0, 0.05) is 18.8 Å². The number of nitrogens with zero attached hydrogens (tertiary/aromatic N) is 1. The Morgan fingerprint density at radius 2 is 2.20 bits per heavy atom. The summed E-state index contributed by atoms with van der Waals surface area (Å²) in [5, 5.41) is 3.30. The van der Waals surface area contributed by atoms with Crippen molar-refractivity contribution in [3.63, 3.8) is 0 Å². The van der Waals surface area contributed by atoms with Gasteiger partial charge in [0.1, 0.15) is 5.76 Å². The van der Waals surface area contributed by atoms with Crippen molar-refractivity contribution in [3.05, 3.63) is 54.0 Å². The van der Waals surface area contributed by atoms with E-state index in [1.165, 1.54) is 0 Å². The largest absolute Gasteiger partial charge is 0.467 e. The number of fused-ring (bicyclic) bond motifs is 1. The molecule has 1 aliphatic rings. The Balaban J connectivity index is 1.78. The molecule has 104 valence electrons. The molecule has 1 aliphatic heterocycles. The van der Waals surface area contributed by atoms with Crippen LogP contribution in [-0.4, -0.2) is 23.9 Å². The number of anilines is 1. The van der Waals surface area contributed by atoms with Crippen molar-refractivity contribution in [2.24, 2.45) is 0 Å². The average Bonchev–Trinajstić information content (AvgIpc) is 3.13. The van der Waals surface area contributed by atoms with Crippen molar-refractivity contribution >= 4 is 11.6 Å². The topological polar surface area (TPSA) is 45.5 Å². The number of likely N-dealkylation sites (N-methyl/N-ethyl adjacent to an activating group) is 1. The van der Waals surface area contributed by atoms with Gasteiger partial charge >= 0.3 is 0 Å². The molecule has 1 N–H and O–H groups in total. The minimum absolute atomic E-state index is 0.0962. The van der Waals surface area contributed by atoms with Crippen LogP contribution >= 0.6 is 0 Å². The highest BCUT2D eigenvalue weighted by Gasteiger charge is 2.31. The molecule has 0 fully saturated rings. The number of carbonyl (C=O) groups excluding carboxylic acids is 1. The summed E-state index contributed by atoms with van der Waals surface area (Å²) in [6.45, 7) is 3.88. The molecule has 3 rings (SSSR count). The maximum Gasteiger partial charge on any atom is 0.232 e. The number of nitrogens with one attached hydrogen (secondary N) is 1. The van der Waals surface area contributed by atoms with E-state index in [1.54, 1.807) is 6.26 Å². The van der Waals surface area contributed by atoms with Gasteiger partial charge in [0.15, 0.2) is 0 Å². The lowest BCUT2D eigenvalue weighted by atomic mass is 10.00. The smallest absolute Gasteiger partial charge is 0.232 e. The van der Waals surface area contributed by atoms with Gasteiger partial charge in [-0.2, -0.15) is 0 Å². The molecule has 1 aromatic carbocycles. The van der Waals surface area contributed by atoms with Crippen molar-refractivity contribution < 1.29 is 9.21 Å². The highest BCUT2D eigenvalue weighted by molar-refractivity contribution is 5.88. The van der Waals surface area contributed by atoms with E-state index in [0.717, 1.165) is 17.0 Å². The number of amides is 1. The number of para-hydroxylation sites is 1. The summed E-state index contributed by atoms with van der Waals surface area (Å²) < 4.78 is 5.34. The molecule has 1 amide bonds. The van der Waals surface area contributed by atoms with Crippen molar-refractivity contribution in [2.45, 2.75) is 19.4 Å². The molecule has 0 spiro atoms. The van der Waals surface area contributed by atoms with Crippen LogP contribution in [0.1, 0.15) is 24.2 Å². The Bertz CT molecular complexity index is 592. The first-order valence-corrected chi connectivity index (χ1v) is 6.93. The number of carbonyl (C=O) groups is 1. The first kappa shape index (κ1) is 12.8. The van der Waals surface area contributed by atoms with Gasteiger partial charge in [-0.15, -0.1) is 0 Å². The van der Waals surface area contributed by atoms with Gasteiger partial charge in [-0.25, -0.2) is 0 Å². The van der Waals surface area contributed by atoms with Crippen molar-refractivity contribution in [1.82, 2.24) is 4.90 Å². The van der Waals surface area contributed by atoms with Crippen LogP contribution in [0.25, 0.3) is 0 Å². The predicted molar refractivity (Wildman–Crippen MR) is 77.5 cm³/mol. The first-order chi connectivity index (χ1) is 9.79. The lowest BCUT2D eigenvalue weighted by Gasteiger charge is -2.23. The summed E-state index contributed by atoms with van der Waals surface area (Å²) in [6, 6.07) is 11.8. The van der Waals surface area contributed by atoms with Gasteiger partial charge in [0.05, 0.1) is 18.7 Å². The molecule has 1 atom stereocenters. The Kier molecular flexibility index (Phi) is 3.46. The predicted octanol–water partition coefficient (Wildman–Crippen LogP) is 2.84. The third-order valence-corrected chi connectivity index (χ3v) is 3.75. The molecule has 0 aliphatic carbocycles. The molecule has 2 aromatic rings. The van der Waals surface area contributed by atoms with Crippen LogP contribution in [-0.2, 0) is 11.3 Å². The normalized spacial score (nSPS) is 16.6. The highest BCUT2D eigenvalue weighted by Crippen LogP contribution is 2.32. The lowest BCUT2D eigenvalue weighted by Crippen LogP contribution is -2.35. The summed E-state index contributed by atoms with van der Waals surface area (Å²) in [4.78, 5) is 14.6. The van der Waals surface area contributed by atoms with Crippen LogP contribution in [0.2, 0.25) is 0 Å². The number of furan rings is 1. The zero-order chi connectivity index (χ0) is 13.9. The molecular formula is C16H18N2O2. The summed E-state index contributed by atoms with van der Waals surface area (Å²) in [6.07, 6.45) is 1.64. The van der Waals surface area contributed by atoms with Crippen LogP contribution in [0, 0.1) is 0 Å². The minimum Gasteiger partial charge on any atom is -0.467 e. The summed E-state index contributed by atoms with van der Waals surface area (Å²) in [5.74, 6) is 0.877. The van der Waals surface area contributed by atoms with Crippen LogP contribution in [0.15, 0.2) is 47.1 Å². The molecule has 0 saturated heterocycles. The average molecular weight is 270 g/mol. The molecule has 4 nitrogen and oxygen atoms in total. The van der Waals surface area contributed by atoms with E-state index in [1.807, 2.05) is 48.2 Å². The fraction of sp³-hybridized carbons (Fsp3) is 0.312. The second kappa shape index (κ2) is 5.41. The van der Waals surface area contributed by atoms with Gasteiger partial charge in [0.2, 0.25) is 5.91 Å². The van der Waals surface area contributed by atoms with Crippen LogP contribution in [0.3, 0.4) is 0 Å². The van der Waals surface area contributed by atoms with E-state index in [-0.39, 0.29) is 11.8 Å². The summed E-state index contributed by atoms with van der Waals surface area (Å²) in [5.41, 5.74) is 2.16. The van der Waals surface area contributed by atoms with Gasteiger partial charge in [-0.3, -0.25) is 4.79 Å². The Hall–Kier alpha value is -2.23. The Labute approximate surface area is 118 Å². The quantitative estimate of drug-likeness (QED) is 0.929. The Morgan fingerprint density at radius 3 is 2.95 bits per heavy atom. The summed E-state index contributed by atoms with van der Waals surface area (Å²) in [7, 11) is 0. The van der Waals surface area contributed by atoms with Crippen molar-refractivity contribution in [2.75, 3.05) is 18.4 Å². The molecule has 2 heterocycles. The van der Waals surface area contributed by atoms with E-state index in [4.69, 9.17) is 4.42 Å². The molecule has 4 heteroatoms. The molecule has 1 unspecified atom stereocenters. The van der Waals surface area contributed by atoms with Gasteiger partial charge in [0.25, 0.3) is 0 Å². The van der Waals surface area contributed by atoms with E-state index in [9.17, 15) is 4.79 Å². The number of benzene rings is 1. The van der Waals surface area contributed by atoms with E-state index >= 15 is 0 Å². The number of hydrogen-bond acceptors (Lipinski definition) is 3. The zero-order valence-electron chi connectivity index (χ0n) is 11.5. The monoisotopic (exact) mass is 270 g/mol. The number of hydrogen-bond donors (Lipinski definition) is 1. The highest BCUT2D eigenvalue weighted by atomic mass is 16.3. The molecule has 0 bridgehead atoms. The maximum absolute atomic E-state index is 12.7. The van der Waals surface area contributed by atoms with Crippen LogP contribution in [0.5, 0.6) is 0 Å². The zero-order valence-corrected chi connectivity index (χ0v) is 11.5. The second-order valence-electron chi connectivity index (χ2n) is 4.95. The molecule has 0 saturated carbocycles. The van der Waals surface area contributed by atoms with Gasteiger partial charge < -0.3 is 14.6 Å². The lowest BCUT2D eigenvalue weighted by molar-refractivity contribution is -0.133. The standard InChI is InChI=1S/C16H18N2O2/c1-2-18(11-12-6-5-9-20-12)16(19)14-10-17-15-8-4-3-7-13(14)15/h3-9,14,17H,2,10-11H2,1H3. The van der Waals surface area contributed by atoms with Gasteiger partial charge in [-0.1, -0.05) is 18.2 Å². The van der Waals surface area contributed by atoms with Crippen LogP contribution < -0.4 is 5.32 Å².